The fraction of sp³-hybridized carbons (Fsp3) is 0.364. The quantitative estimate of drug-likeness (QED) is 0.570. The maximum absolute atomic E-state index is 13.4. The lowest BCUT2D eigenvalue weighted by atomic mass is 10.1. The van der Waals surface area contributed by atoms with Crippen molar-refractivity contribution in [3.8, 4) is 0 Å². The van der Waals surface area contributed by atoms with Crippen LogP contribution >= 0.6 is 23.2 Å². The van der Waals surface area contributed by atoms with Crippen LogP contribution in [-0.2, 0) is 26.2 Å². The van der Waals surface area contributed by atoms with Gasteiger partial charge >= 0.3 is 0 Å². The molecule has 2 amide bonds. The summed E-state index contributed by atoms with van der Waals surface area (Å²) in [5.74, 6) is -0.847. The van der Waals surface area contributed by atoms with Gasteiger partial charge in [0.2, 0.25) is 21.8 Å². The first-order valence-electron chi connectivity index (χ1n) is 9.97. The highest BCUT2D eigenvalue weighted by molar-refractivity contribution is 7.92. The van der Waals surface area contributed by atoms with Gasteiger partial charge in [0.15, 0.2) is 0 Å². The minimum Gasteiger partial charge on any atom is -0.357 e. The zero-order valence-corrected chi connectivity index (χ0v) is 20.8. The van der Waals surface area contributed by atoms with E-state index in [1.165, 1.54) is 11.9 Å². The van der Waals surface area contributed by atoms with Gasteiger partial charge in [0.25, 0.3) is 0 Å². The molecule has 0 aliphatic rings. The predicted molar refractivity (Wildman–Crippen MR) is 129 cm³/mol. The Morgan fingerprint density at radius 2 is 1.72 bits per heavy atom. The molecule has 0 unspecified atom stereocenters. The van der Waals surface area contributed by atoms with Gasteiger partial charge in [0.05, 0.1) is 11.9 Å². The summed E-state index contributed by atoms with van der Waals surface area (Å²) in [6.45, 7) is 3.12. The summed E-state index contributed by atoms with van der Waals surface area (Å²) >= 11 is 12.1. The Morgan fingerprint density at radius 1 is 1.09 bits per heavy atom. The van der Waals surface area contributed by atoms with Crippen LogP contribution in [0.1, 0.15) is 24.5 Å². The second-order valence-corrected chi connectivity index (χ2v) is 10.1. The van der Waals surface area contributed by atoms with Crippen LogP contribution in [0.15, 0.2) is 42.5 Å². The summed E-state index contributed by atoms with van der Waals surface area (Å²) in [5, 5.41) is 3.51. The lowest BCUT2D eigenvalue weighted by Gasteiger charge is -2.33. The third-order valence-electron chi connectivity index (χ3n) is 5.09. The number of likely N-dealkylation sites (N-methyl/N-ethyl adjacent to an activating group) is 1. The first-order chi connectivity index (χ1) is 15.0. The monoisotopic (exact) mass is 499 g/mol. The predicted octanol–water partition coefficient (Wildman–Crippen LogP) is 3.62. The van der Waals surface area contributed by atoms with Gasteiger partial charge in [-0.25, -0.2) is 8.42 Å². The fourth-order valence-corrected chi connectivity index (χ4v) is 4.53. The zero-order chi connectivity index (χ0) is 24.1. The Labute approximate surface area is 199 Å². The average Bonchev–Trinajstić information content (AvgIpc) is 2.74. The van der Waals surface area contributed by atoms with Crippen LogP contribution in [0.2, 0.25) is 10.0 Å². The summed E-state index contributed by atoms with van der Waals surface area (Å²) < 4.78 is 26.2. The molecule has 0 radical (unpaired) electrons. The van der Waals surface area contributed by atoms with Crippen molar-refractivity contribution in [1.29, 1.82) is 0 Å². The average molecular weight is 500 g/mol. The molecule has 32 heavy (non-hydrogen) atoms. The van der Waals surface area contributed by atoms with Crippen molar-refractivity contribution < 1.29 is 18.0 Å². The molecule has 0 heterocycles. The molecule has 0 aliphatic heterocycles. The van der Waals surface area contributed by atoms with Crippen molar-refractivity contribution in [3.63, 3.8) is 0 Å². The number of rotatable bonds is 9. The van der Waals surface area contributed by atoms with Gasteiger partial charge in [-0.3, -0.25) is 13.9 Å². The maximum atomic E-state index is 13.4. The second kappa shape index (κ2) is 11.0. The van der Waals surface area contributed by atoms with E-state index in [0.717, 1.165) is 16.1 Å². The Morgan fingerprint density at radius 3 is 2.25 bits per heavy atom. The van der Waals surface area contributed by atoms with Crippen LogP contribution in [0.5, 0.6) is 0 Å². The minimum absolute atomic E-state index is 0.119. The van der Waals surface area contributed by atoms with Crippen molar-refractivity contribution in [2.75, 3.05) is 24.2 Å². The number of anilines is 1. The normalized spacial score (nSPS) is 12.2. The summed E-state index contributed by atoms with van der Waals surface area (Å²) in [5.41, 5.74) is 1.61. The van der Waals surface area contributed by atoms with E-state index >= 15 is 0 Å². The minimum atomic E-state index is -3.81. The van der Waals surface area contributed by atoms with Gasteiger partial charge in [0.1, 0.15) is 12.6 Å². The van der Waals surface area contributed by atoms with Crippen LogP contribution in [0.3, 0.4) is 0 Å². The molecule has 0 bridgehead atoms. The van der Waals surface area contributed by atoms with E-state index in [0.29, 0.717) is 27.7 Å². The molecule has 7 nitrogen and oxygen atoms in total. The first-order valence-corrected chi connectivity index (χ1v) is 12.6. The number of nitrogens with one attached hydrogen (secondary N) is 1. The van der Waals surface area contributed by atoms with E-state index in [2.05, 4.69) is 5.32 Å². The van der Waals surface area contributed by atoms with Crippen molar-refractivity contribution in [3.05, 3.63) is 63.6 Å². The van der Waals surface area contributed by atoms with E-state index in [4.69, 9.17) is 23.2 Å². The standard InChI is InChI=1S/C22H27Cl2N3O4S/c1-5-19(22(29)25-3)26(13-16-9-11-17(23)12-10-16)21(28)14-27(32(4,30)31)20-8-6-7-18(24)15(20)2/h6-12,19H,5,13-14H2,1-4H3,(H,25,29)/t19-/m0/s1. The van der Waals surface area contributed by atoms with Gasteiger partial charge in [0, 0.05) is 23.6 Å². The van der Waals surface area contributed by atoms with Crippen molar-refractivity contribution >= 4 is 50.7 Å². The molecule has 0 aliphatic carbocycles. The number of hydrogen-bond acceptors (Lipinski definition) is 4. The summed E-state index contributed by atoms with van der Waals surface area (Å²) in [7, 11) is -2.32. The molecular weight excluding hydrogens is 473 g/mol. The summed E-state index contributed by atoms with van der Waals surface area (Å²) in [4.78, 5) is 27.3. The number of sulfonamides is 1. The van der Waals surface area contributed by atoms with Gasteiger partial charge < -0.3 is 10.2 Å². The number of amides is 2. The van der Waals surface area contributed by atoms with Crippen LogP contribution in [0.4, 0.5) is 5.69 Å². The van der Waals surface area contributed by atoms with Gasteiger partial charge in [-0.05, 0) is 48.7 Å². The van der Waals surface area contributed by atoms with Crippen LogP contribution in [0, 0.1) is 6.92 Å². The Balaban J connectivity index is 2.46. The fourth-order valence-electron chi connectivity index (χ4n) is 3.33. The number of carbonyl (C=O) groups excluding carboxylic acids is 2. The molecule has 0 spiro atoms. The van der Waals surface area contributed by atoms with E-state index in [1.807, 2.05) is 0 Å². The Hall–Kier alpha value is -2.29. The molecule has 0 saturated carbocycles. The Bertz CT molecular complexity index is 1080. The number of benzene rings is 2. The molecule has 1 atom stereocenters. The molecule has 0 saturated heterocycles. The molecular formula is C22H27Cl2N3O4S. The molecule has 10 heteroatoms. The van der Waals surface area contributed by atoms with Crippen LogP contribution in [0.25, 0.3) is 0 Å². The first kappa shape index (κ1) is 26.0. The summed E-state index contributed by atoms with van der Waals surface area (Å²) in [6.07, 6.45) is 1.38. The molecule has 2 aromatic carbocycles. The number of carbonyl (C=O) groups is 2. The van der Waals surface area contributed by atoms with E-state index in [-0.39, 0.29) is 12.5 Å². The van der Waals surface area contributed by atoms with Crippen molar-refractivity contribution in [2.24, 2.45) is 0 Å². The molecule has 0 aromatic heterocycles. The largest absolute Gasteiger partial charge is 0.357 e. The number of hydrogen-bond donors (Lipinski definition) is 1. The Kier molecular flexibility index (Phi) is 8.95. The van der Waals surface area contributed by atoms with Crippen LogP contribution < -0.4 is 9.62 Å². The molecule has 2 aromatic rings. The number of halogens is 2. The molecule has 0 fully saturated rings. The number of nitrogens with zero attached hydrogens (tertiary/aromatic N) is 2. The van der Waals surface area contributed by atoms with E-state index < -0.39 is 28.5 Å². The highest BCUT2D eigenvalue weighted by Gasteiger charge is 2.31. The SMILES string of the molecule is CC[C@@H](C(=O)NC)N(Cc1ccc(Cl)cc1)C(=O)CN(c1cccc(Cl)c1C)S(C)(=O)=O. The van der Waals surface area contributed by atoms with Crippen molar-refractivity contribution in [2.45, 2.75) is 32.9 Å². The second-order valence-electron chi connectivity index (χ2n) is 7.34. The third kappa shape index (κ3) is 6.37. The smallest absolute Gasteiger partial charge is 0.244 e. The van der Waals surface area contributed by atoms with Gasteiger partial charge in [-0.15, -0.1) is 0 Å². The highest BCUT2D eigenvalue weighted by Crippen LogP contribution is 2.28. The topological polar surface area (TPSA) is 86.8 Å². The van der Waals surface area contributed by atoms with Gasteiger partial charge in [-0.2, -0.15) is 0 Å². The lowest BCUT2D eigenvalue weighted by molar-refractivity contribution is -0.140. The molecule has 174 valence electrons. The molecule has 2 rings (SSSR count). The zero-order valence-electron chi connectivity index (χ0n) is 18.4. The maximum Gasteiger partial charge on any atom is 0.244 e. The molecule has 1 N–H and O–H groups in total. The van der Waals surface area contributed by atoms with E-state index in [9.17, 15) is 18.0 Å². The lowest BCUT2D eigenvalue weighted by Crippen LogP contribution is -2.51. The third-order valence-corrected chi connectivity index (χ3v) is 6.87. The highest BCUT2D eigenvalue weighted by atomic mass is 35.5. The van der Waals surface area contributed by atoms with Gasteiger partial charge in [-0.1, -0.05) is 48.3 Å². The van der Waals surface area contributed by atoms with Crippen LogP contribution in [-0.4, -0.2) is 51.0 Å². The van der Waals surface area contributed by atoms with Crippen molar-refractivity contribution in [1.82, 2.24) is 10.2 Å². The van der Waals surface area contributed by atoms with E-state index in [1.54, 1.807) is 56.3 Å². The summed E-state index contributed by atoms with van der Waals surface area (Å²) in [6, 6.07) is 11.0.